The Morgan fingerprint density at radius 2 is 1.65 bits per heavy atom. The van der Waals surface area contributed by atoms with Crippen LogP contribution in [0, 0.1) is 5.92 Å². The molecule has 0 radical (unpaired) electrons. The van der Waals surface area contributed by atoms with E-state index >= 15 is 0 Å². The normalized spacial score (nSPS) is 19.3. The van der Waals surface area contributed by atoms with Crippen LogP contribution in [0.4, 0.5) is 4.79 Å². The van der Waals surface area contributed by atoms with Crippen molar-refractivity contribution in [2.75, 3.05) is 20.3 Å². The number of fused-ring (bicyclic) bond motifs is 3. The molecule has 0 bridgehead atoms. The van der Waals surface area contributed by atoms with Crippen molar-refractivity contribution in [3.8, 4) is 11.1 Å². The van der Waals surface area contributed by atoms with Gasteiger partial charge in [-0.3, -0.25) is 9.59 Å². The van der Waals surface area contributed by atoms with Crippen LogP contribution in [0.5, 0.6) is 0 Å². The second-order valence-corrected chi connectivity index (χ2v) is 8.90. The molecule has 0 aliphatic heterocycles. The lowest BCUT2D eigenvalue weighted by Crippen LogP contribution is -2.49. The van der Waals surface area contributed by atoms with Crippen molar-refractivity contribution < 1.29 is 29.0 Å². The highest BCUT2D eigenvalue weighted by Crippen LogP contribution is 2.44. The standard InChI is InChI=1S/C26H30N2O6/c1-33-17-12-16(13-17)14-27-25(31)23(10-11-24(29)30)28-26(32)34-15-22-20-8-4-2-6-18(20)19-7-3-5-9-21(19)22/h2-9,16-17,22-23H,10-15H2,1H3,(H,27,31)(H,28,32)(H,29,30). The van der Waals surface area contributed by atoms with Gasteiger partial charge in [0.05, 0.1) is 6.10 Å². The van der Waals surface area contributed by atoms with Gasteiger partial charge >= 0.3 is 12.1 Å². The van der Waals surface area contributed by atoms with Crippen LogP contribution in [0.15, 0.2) is 48.5 Å². The molecule has 0 saturated heterocycles. The van der Waals surface area contributed by atoms with Gasteiger partial charge in [0.15, 0.2) is 0 Å². The van der Waals surface area contributed by atoms with Crippen molar-refractivity contribution in [3.05, 3.63) is 59.7 Å². The quantitative estimate of drug-likeness (QED) is 0.495. The Morgan fingerprint density at radius 1 is 1.03 bits per heavy atom. The number of carbonyl (C=O) groups is 3. The zero-order chi connectivity index (χ0) is 24.1. The molecule has 2 aliphatic carbocycles. The molecule has 3 N–H and O–H groups in total. The Kier molecular flexibility index (Phi) is 7.47. The summed E-state index contributed by atoms with van der Waals surface area (Å²) in [5.74, 6) is -1.22. The monoisotopic (exact) mass is 466 g/mol. The number of amides is 2. The van der Waals surface area contributed by atoms with E-state index in [4.69, 9.17) is 14.6 Å². The highest BCUT2D eigenvalue weighted by atomic mass is 16.5. The van der Waals surface area contributed by atoms with Crippen molar-refractivity contribution in [1.82, 2.24) is 10.6 Å². The second-order valence-electron chi connectivity index (χ2n) is 8.90. The number of nitrogens with one attached hydrogen (secondary N) is 2. The van der Waals surface area contributed by atoms with E-state index in [1.165, 1.54) is 0 Å². The van der Waals surface area contributed by atoms with Crippen molar-refractivity contribution in [2.45, 2.75) is 43.7 Å². The summed E-state index contributed by atoms with van der Waals surface area (Å²) in [4.78, 5) is 36.3. The number of ether oxygens (including phenoxy) is 2. The summed E-state index contributed by atoms with van der Waals surface area (Å²) >= 11 is 0. The van der Waals surface area contributed by atoms with Crippen LogP contribution in [-0.4, -0.2) is 55.5 Å². The number of methoxy groups -OCH3 is 1. The molecule has 2 aromatic carbocycles. The third kappa shape index (κ3) is 5.39. The van der Waals surface area contributed by atoms with Crippen molar-refractivity contribution in [1.29, 1.82) is 0 Å². The minimum atomic E-state index is -1.03. The Hall–Kier alpha value is -3.39. The van der Waals surface area contributed by atoms with Crippen LogP contribution < -0.4 is 10.6 Å². The van der Waals surface area contributed by atoms with Crippen LogP contribution in [0.25, 0.3) is 11.1 Å². The molecule has 1 fully saturated rings. The Morgan fingerprint density at radius 3 is 2.24 bits per heavy atom. The van der Waals surface area contributed by atoms with Crippen LogP contribution >= 0.6 is 0 Å². The van der Waals surface area contributed by atoms with E-state index < -0.39 is 24.0 Å². The van der Waals surface area contributed by atoms with Crippen molar-refractivity contribution in [3.63, 3.8) is 0 Å². The average molecular weight is 467 g/mol. The van der Waals surface area contributed by atoms with Crippen molar-refractivity contribution >= 4 is 18.0 Å². The molecule has 8 heteroatoms. The number of benzene rings is 2. The second kappa shape index (κ2) is 10.7. The van der Waals surface area contributed by atoms with Crippen LogP contribution in [-0.2, 0) is 19.1 Å². The Balaban J connectivity index is 1.34. The van der Waals surface area contributed by atoms with Crippen molar-refractivity contribution in [2.24, 2.45) is 5.92 Å². The summed E-state index contributed by atoms with van der Waals surface area (Å²) in [6.45, 7) is 0.586. The molecular formula is C26H30N2O6. The van der Waals surface area contributed by atoms with E-state index in [2.05, 4.69) is 22.8 Å². The SMILES string of the molecule is COC1CC(CNC(=O)C(CCC(=O)O)NC(=O)OCC2c3ccccc3-c3ccccc32)C1. The first-order valence-electron chi connectivity index (χ1n) is 11.6. The fourth-order valence-electron chi connectivity index (χ4n) is 4.72. The van der Waals surface area contributed by atoms with Gasteiger partial charge in [-0.2, -0.15) is 0 Å². The Labute approximate surface area is 198 Å². The van der Waals surface area contributed by atoms with Crippen LogP contribution in [0.1, 0.15) is 42.7 Å². The number of rotatable bonds is 10. The van der Waals surface area contributed by atoms with E-state index in [0.717, 1.165) is 35.1 Å². The molecule has 8 nitrogen and oxygen atoms in total. The zero-order valence-electron chi connectivity index (χ0n) is 19.2. The molecule has 0 spiro atoms. The van der Waals surface area contributed by atoms with E-state index in [-0.39, 0.29) is 31.5 Å². The number of alkyl carbamates (subject to hydrolysis) is 1. The fraction of sp³-hybridized carbons (Fsp3) is 0.423. The summed E-state index contributed by atoms with van der Waals surface area (Å²) in [5.41, 5.74) is 4.42. The predicted molar refractivity (Wildman–Crippen MR) is 125 cm³/mol. The van der Waals surface area contributed by atoms with Gasteiger partial charge in [0.1, 0.15) is 12.6 Å². The predicted octanol–water partition coefficient (Wildman–Crippen LogP) is 3.30. The van der Waals surface area contributed by atoms with E-state index in [9.17, 15) is 14.4 Å². The van der Waals surface area contributed by atoms with Gasteiger partial charge < -0.3 is 25.2 Å². The van der Waals surface area contributed by atoms with Crippen LogP contribution in [0.2, 0.25) is 0 Å². The number of carboxylic acids is 1. The Bertz CT molecular complexity index is 1000. The molecule has 0 heterocycles. The number of hydrogen-bond acceptors (Lipinski definition) is 5. The maximum absolute atomic E-state index is 12.7. The van der Waals surface area contributed by atoms with Gasteiger partial charge in [-0.1, -0.05) is 48.5 Å². The number of aliphatic carboxylic acids is 1. The lowest BCUT2D eigenvalue weighted by molar-refractivity contribution is -0.137. The first-order valence-corrected chi connectivity index (χ1v) is 11.6. The van der Waals surface area contributed by atoms with E-state index in [0.29, 0.717) is 12.5 Å². The largest absolute Gasteiger partial charge is 0.481 e. The lowest BCUT2D eigenvalue weighted by atomic mass is 9.82. The fourth-order valence-corrected chi connectivity index (χ4v) is 4.72. The van der Waals surface area contributed by atoms with E-state index in [1.54, 1.807) is 7.11 Å². The summed E-state index contributed by atoms with van der Waals surface area (Å²) in [7, 11) is 1.67. The van der Waals surface area contributed by atoms with Gasteiger partial charge in [0.2, 0.25) is 5.91 Å². The number of hydrogen-bond donors (Lipinski definition) is 3. The topological polar surface area (TPSA) is 114 Å². The minimum Gasteiger partial charge on any atom is -0.481 e. The maximum atomic E-state index is 12.7. The third-order valence-corrected chi connectivity index (χ3v) is 6.69. The highest BCUT2D eigenvalue weighted by Gasteiger charge is 2.31. The molecule has 4 rings (SSSR count). The first-order chi connectivity index (χ1) is 16.5. The van der Waals surface area contributed by atoms with E-state index in [1.807, 2.05) is 36.4 Å². The molecule has 2 aliphatic rings. The maximum Gasteiger partial charge on any atom is 0.407 e. The number of carbonyl (C=O) groups excluding carboxylic acids is 2. The molecule has 2 aromatic rings. The number of carboxylic acid groups (broad SMARTS) is 1. The molecule has 0 aromatic heterocycles. The van der Waals surface area contributed by atoms with Gasteiger partial charge in [0.25, 0.3) is 0 Å². The average Bonchev–Trinajstić information content (AvgIpc) is 3.13. The first kappa shape index (κ1) is 23.8. The molecule has 2 amide bonds. The summed E-state index contributed by atoms with van der Waals surface area (Å²) in [6.07, 6.45) is 0.972. The third-order valence-electron chi connectivity index (χ3n) is 6.69. The molecule has 1 saturated carbocycles. The summed E-state index contributed by atoms with van der Waals surface area (Å²) in [5, 5.41) is 14.4. The molecular weight excluding hydrogens is 436 g/mol. The van der Waals surface area contributed by atoms with Crippen LogP contribution in [0.3, 0.4) is 0 Å². The lowest BCUT2D eigenvalue weighted by Gasteiger charge is -2.34. The molecule has 1 unspecified atom stereocenters. The smallest absolute Gasteiger partial charge is 0.407 e. The summed E-state index contributed by atoms with van der Waals surface area (Å²) in [6, 6.07) is 15.1. The van der Waals surface area contributed by atoms with Gasteiger partial charge in [0, 0.05) is 26.0 Å². The van der Waals surface area contributed by atoms with Gasteiger partial charge in [-0.05, 0) is 47.4 Å². The molecule has 34 heavy (non-hydrogen) atoms. The van der Waals surface area contributed by atoms with Gasteiger partial charge in [-0.15, -0.1) is 0 Å². The molecule has 1 atom stereocenters. The minimum absolute atomic E-state index is 0.0171. The summed E-state index contributed by atoms with van der Waals surface area (Å²) < 4.78 is 10.8. The van der Waals surface area contributed by atoms with Gasteiger partial charge in [-0.25, -0.2) is 4.79 Å². The highest BCUT2D eigenvalue weighted by molar-refractivity contribution is 5.86. The molecule has 180 valence electrons. The zero-order valence-corrected chi connectivity index (χ0v) is 19.2.